The maximum absolute atomic E-state index is 3.02. The van der Waals surface area contributed by atoms with Crippen LogP contribution >= 0.6 is 0 Å². The van der Waals surface area contributed by atoms with Crippen molar-refractivity contribution in [3.05, 3.63) is 0 Å². The van der Waals surface area contributed by atoms with E-state index in [4.69, 9.17) is 0 Å². The predicted octanol–water partition coefficient (Wildman–Crippen LogP) is 0.613. The van der Waals surface area contributed by atoms with Crippen LogP contribution in [0.15, 0.2) is 0 Å². The summed E-state index contributed by atoms with van der Waals surface area (Å²) in [7, 11) is 1.96. The molecule has 0 amide bonds. The van der Waals surface area contributed by atoms with Gasteiger partial charge in [0.15, 0.2) is 0 Å². The van der Waals surface area contributed by atoms with Crippen LogP contribution in [0.1, 0.15) is 13.3 Å². The Kier molecular flexibility index (Phi) is 15.4. The maximum Gasteiger partial charge on any atom is 0 e. The molecule has 0 bridgehead atoms. The van der Waals surface area contributed by atoms with Crippen LogP contribution in [-0.4, -0.2) is 13.6 Å². The third kappa shape index (κ3) is 8.85. The van der Waals surface area contributed by atoms with Gasteiger partial charge in [-0.2, -0.15) is 0 Å². The summed E-state index contributed by atoms with van der Waals surface area (Å²) < 4.78 is 0. The number of rotatable bonds is 2. The third-order valence-corrected chi connectivity index (χ3v) is 0.500. The van der Waals surface area contributed by atoms with Crippen molar-refractivity contribution in [2.45, 2.75) is 13.3 Å². The van der Waals surface area contributed by atoms with Gasteiger partial charge in [0.05, 0.1) is 0 Å². The number of nitrogens with one attached hydrogen (secondary N) is 1. The van der Waals surface area contributed by atoms with Crippen molar-refractivity contribution in [3.8, 4) is 0 Å². The Morgan fingerprint density at radius 3 is 2.00 bits per heavy atom. The van der Waals surface area contributed by atoms with Crippen LogP contribution in [0.2, 0.25) is 0 Å². The van der Waals surface area contributed by atoms with Crippen LogP contribution < -0.4 is 5.32 Å². The monoisotopic (exact) mass is 163 g/mol. The van der Waals surface area contributed by atoms with Gasteiger partial charge in [-0.05, 0) is 20.0 Å². The standard InChI is InChI=1S/C4H11N.Zr/c1-3-4-5-2;/h5H,3-4H2,1-2H3;. The SMILES string of the molecule is CCCNC.[Zr]. The largest absolute Gasteiger partial charge is 0.320 e. The Bertz CT molecular complexity index is 15.0. The molecule has 0 spiro atoms. The number of hydrogen-bond donors (Lipinski definition) is 1. The van der Waals surface area contributed by atoms with E-state index in [1.54, 1.807) is 0 Å². The predicted molar refractivity (Wildman–Crippen MR) is 24.2 cm³/mol. The van der Waals surface area contributed by atoms with Gasteiger partial charge in [-0.15, -0.1) is 0 Å². The fourth-order valence-corrected chi connectivity index (χ4v) is 0.250. The zero-order valence-corrected chi connectivity index (χ0v) is 6.87. The molecule has 0 aromatic carbocycles. The molecule has 0 aromatic heterocycles. The first-order valence-corrected chi connectivity index (χ1v) is 2.06. The number of hydrogen-bond acceptors (Lipinski definition) is 1. The minimum atomic E-state index is 0. The van der Waals surface area contributed by atoms with E-state index in [1.165, 1.54) is 6.42 Å². The molecule has 0 unspecified atom stereocenters. The van der Waals surface area contributed by atoms with Crippen molar-refractivity contribution in [3.63, 3.8) is 0 Å². The van der Waals surface area contributed by atoms with Crippen LogP contribution in [0.5, 0.6) is 0 Å². The van der Waals surface area contributed by atoms with E-state index in [2.05, 4.69) is 12.2 Å². The topological polar surface area (TPSA) is 12.0 Å². The molecule has 6 heavy (non-hydrogen) atoms. The first-order valence-electron chi connectivity index (χ1n) is 2.06. The average Bonchev–Trinajstić information content (AvgIpc) is 1.41. The summed E-state index contributed by atoms with van der Waals surface area (Å²) in [5.41, 5.74) is 0. The van der Waals surface area contributed by atoms with Gasteiger partial charge in [0.25, 0.3) is 0 Å². The van der Waals surface area contributed by atoms with Crippen molar-refractivity contribution >= 4 is 0 Å². The fourth-order valence-electron chi connectivity index (χ4n) is 0.250. The minimum absolute atomic E-state index is 0. The molecule has 0 saturated carbocycles. The van der Waals surface area contributed by atoms with Gasteiger partial charge in [0.2, 0.25) is 0 Å². The second kappa shape index (κ2) is 9.28. The Balaban J connectivity index is 0. The van der Waals surface area contributed by atoms with E-state index in [-0.39, 0.29) is 26.2 Å². The minimum Gasteiger partial charge on any atom is -0.320 e. The summed E-state index contributed by atoms with van der Waals surface area (Å²) >= 11 is 0. The van der Waals surface area contributed by atoms with Gasteiger partial charge < -0.3 is 5.32 Å². The average molecular weight is 164 g/mol. The molecule has 0 saturated heterocycles. The maximum atomic E-state index is 3.02. The van der Waals surface area contributed by atoms with Crippen molar-refractivity contribution in [1.82, 2.24) is 5.32 Å². The molecular formula is C4H11NZr. The van der Waals surface area contributed by atoms with Crippen molar-refractivity contribution in [2.75, 3.05) is 13.6 Å². The molecule has 36 valence electrons. The Hall–Kier alpha value is 0.843. The van der Waals surface area contributed by atoms with Gasteiger partial charge >= 0.3 is 0 Å². The van der Waals surface area contributed by atoms with Gasteiger partial charge in [-0.25, -0.2) is 0 Å². The molecule has 0 radical (unpaired) electrons. The van der Waals surface area contributed by atoms with Crippen LogP contribution in [0, 0.1) is 0 Å². The van der Waals surface area contributed by atoms with E-state index in [9.17, 15) is 0 Å². The smallest absolute Gasteiger partial charge is 0 e. The summed E-state index contributed by atoms with van der Waals surface area (Å²) in [5, 5.41) is 3.02. The molecule has 0 aliphatic heterocycles. The summed E-state index contributed by atoms with van der Waals surface area (Å²) in [6.07, 6.45) is 1.23. The molecule has 0 aliphatic carbocycles. The van der Waals surface area contributed by atoms with Gasteiger partial charge in [0.1, 0.15) is 0 Å². The first-order chi connectivity index (χ1) is 2.41. The van der Waals surface area contributed by atoms with Gasteiger partial charge in [0, 0.05) is 26.2 Å². The van der Waals surface area contributed by atoms with Crippen molar-refractivity contribution in [1.29, 1.82) is 0 Å². The van der Waals surface area contributed by atoms with Crippen LogP contribution in [0.4, 0.5) is 0 Å². The fraction of sp³-hybridized carbons (Fsp3) is 1.00. The van der Waals surface area contributed by atoms with Crippen LogP contribution in [0.3, 0.4) is 0 Å². The van der Waals surface area contributed by atoms with Crippen molar-refractivity contribution in [2.24, 2.45) is 0 Å². The Morgan fingerprint density at radius 1 is 1.50 bits per heavy atom. The Morgan fingerprint density at radius 2 is 2.00 bits per heavy atom. The summed E-state index contributed by atoms with van der Waals surface area (Å²) in [5.74, 6) is 0. The molecule has 0 aliphatic rings. The molecule has 2 heteroatoms. The molecule has 0 atom stereocenters. The Labute approximate surface area is 58.6 Å². The van der Waals surface area contributed by atoms with E-state index in [1.807, 2.05) is 7.05 Å². The van der Waals surface area contributed by atoms with Crippen LogP contribution in [-0.2, 0) is 26.2 Å². The summed E-state index contributed by atoms with van der Waals surface area (Å²) in [6, 6.07) is 0. The van der Waals surface area contributed by atoms with E-state index in [0.29, 0.717) is 0 Å². The van der Waals surface area contributed by atoms with E-state index in [0.717, 1.165) is 6.54 Å². The van der Waals surface area contributed by atoms with Gasteiger partial charge in [-0.3, -0.25) is 0 Å². The van der Waals surface area contributed by atoms with E-state index < -0.39 is 0 Å². The zero-order valence-electron chi connectivity index (χ0n) is 4.41. The molecule has 0 heterocycles. The third-order valence-electron chi connectivity index (χ3n) is 0.500. The quantitative estimate of drug-likeness (QED) is 0.631. The molecule has 0 rings (SSSR count). The van der Waals surface area contributed by atoms with Gasteiger partial charge in [-0.1, -0.05) is 6.92 Å². The van der Waals surface area contributed by atoms with Crippen LogP contribution in [0.25, 0.3) is 0 Å². The molecule has 0 fully saturated rings. The molecule has 1 nitrogen and oxygen atoms in total. The summed E-state index contributed by atoms with van der Waals surface area (Å²) in [4.78, 5) is 0. The second-order valence-corrected chi connectivity index (χ2v) is 1.10. The zero-order chi connectivity index (χ0) is 4.12. The van der Waals surface area contributed by atoms with Crippen molar-refractivity contribution < 1.29 is 26.2 Å². The first kappa shape index (κ1) is 9.96. The molecular weight excluding hydrogens is 153 g/mol. The molecule has 1 N–H and O–H groups in total. The van der Waals surface area contributed by atoms with E-state index >= 15 is 0 Å². The summed E-state index contributed by atoms with van der Waals surface area (Å²) in [6.45, 7) is 3.29. The second-order valence-electron chi connectivity index (χ2n) is 1.10. The molecule has 0 aromatic rings. The normalized spacial score (nSPS) is 7.00.